The molecule has 1 unspecified atom stereocenters. The number of hydrogen-bond acceptors (Lipinski definition) is 4. The summed E-state index contributed by atoms with van der Waals surface area (Å²) in [5.41, 5.74) is 5.40. The van der Waals surface area contributed by atoms with E-state index in [1.165, 1.54) is 18.2 Å². The van der Waals surface area contributed by atoms with Gasteiger partial charge >= 0.3 is 0 Å². The van der Waals surface area contributed by atoms with Crippen molar-refractivity contribution in [1.29, 1.82) is 0 Å². The summed E-state index contributed by atoms with van der Waals surface area (Å²) in [6, 6.07) is 4.20. The number of carbonyl (C=O) groups excluding carboxylic acids is 1. The van der Waals surface area contributed by atoms with E-state index in [9.17, 15) is 15.0 Å². The Labute approximate surface area is 137 Å². The molecule has 0 heterocycles. The molecule has 0 aliphatic heterocycles. The van der Waals surface area contributed by atoms with E-state index >= 15 is 0 Å². The number of anilines is 1. The van der Waals surface area contributed by atoms with E-state index in [2.05, 4.69) is 20.8 Å². The van der Waals surface area contributed by atoms with E-state index in [0.717, 1.165) is 30.7 Å². The molecule has 22 heavy (non-hydrogen) atoms. The summed E-state index contributed by atoms with van der Waals surface area (Å²) in [4.78, 5) is 10.3. The van der Waals surface area contributed by atoms with Crippen LogP contribution in [0.1, 0.15) is 38.1 Å². The first-order chi connectivity index (χ1) is 10.2. The summed E-state index contributed by atoms with van der Waals surface area (Å²) in [5, 5.41) is 19.9. The highest BCUT2D eigenvalue weighted by Crippen LogP contribution is 2.16. The number of nitrogen functional groups attached to an aromatic ring is 1. The Morgan fingerprint density at radius 2 is 1.82 bits per heavy atom. The van der Waals surface area contributed by atoms with Crippen molar-refractivity contribution in [1.82, 2.24) is 0 Å². The Balaban J connectivity index is 0.000000401. The van der Waals surface area contributed by atoms with Gasteiger partial charge in [-0.25, -0.2) is 0 Å². The lowest BCUT2D eigenvalue weighted by Gasteiger charge is -2.36. The van der Waals surface area contributed by atoms with Gasteiger partial charge in [-0.2, -0.15) is 0 Å². The zero-order valence-corrected chi connectivity index (χ0v) is 14.6. The number of carboxylic acids is 1. The van der Waals surface area contributed by atoms with Crippen LogP contribution in [0.5, 0.6) is 0 Å². The number of quaternary nitrogens is 1. The standard InChI is InChI=1S/C9H22NO.C7H6ClNO2/c1-5-10(6-2,7-3)8-9(4)11;8-4-1-2-6(9)5(3-4)7(10)11/h9,11H,5-8H2,1-4H3;1-3H,9H2,(H,10,11)/q+1;/p-1. The first-order valence-electron chi connectivity index (χ1n) is 7.50. The number of nitrogens with two attached hydrogens (primary N) is 1. The number of aromatic carboxylic acids is 1. The summed E-state index contributed by atoms with van der Waals surface area (Å²) in [7, 11) is 0. The van der Waals surface area contributed by atoms with Crippen LogP contribution in [0, 0.1) is 0 Å². The molecule has 0 fully saturated rings. The molecule has 1 aromatic rings. The second-order valence-electron chi connectivity index (χ2n) is 5.34. The van der Waals surface area contributed by atoms with Crippen LogP contribution in [0.3, 0.4) is 0 Å². The van der Waals surface area contributed by atoms with Crippen molar-refractivity contribution >= 4 is 23.3 Å². The number of hydrogen-bond donors (Lipinski definition) is 2. The number of likely N-dealkylation sites (N-methyl/N-ethyl adjacent to an activating group) is 1. The van der Waals surface area contributed by atoms with E-state index in [1.807, 2.05) is 6.92 Å². The Morgan fingerprint density at radius 1 is 1.32 bits per heavy atom. The maximum absolute atomic E-state index is 10.3. The predicted octanol–water partition coefficient (Wildman–Crippen LogP) is 1.53. The topological polar surface area (TPSA) is 86.4 Å². The lowest BCUT2D eigenvalue weighted by molar-refractivity contribution is -0.925. The van der Waals surface area contributed by atoms with Gasteiger partial charge in [-0.15, -0.1) is 0 Å². The molecule has 0 saturated carbocycles. The summed E-state index contributed by atoms with van der Waals surface area (Å²) in [5.74, 6) is -1.31. The average molecular weight is 331 g/mol. The Hall–Kier alpha value is -1.30. The molecule has 1 aromatic carbocycles. The van der Waals surface area contributed by atoms with Crippen LogP contribution in [0.4, 0.5) is 5.69 Å². The van der Waals surface area contributed by atoms with Crippen LogP contribution in [0.25, 0.3) is 0 Å². The molecule has 126 valence electrons. The number of carbonyl (C=O) groups is 1. The molecule has 0 spiro atoms. The van der Waals surface area contributed by atoms with Gasteiger partial charge in [0.25, 0.3) is 0 Å². The van der Waals surface area contributed by atoms with Crippen LogP contribution < -0.4 is 10.8 Å². The number of carboxylic acid groups (broad SMARTS) is 1. The fraction of sp³-hybridized carbons (Fsp3) is 0.562. The number of rotatable bonds is 6. The second kappa shape index (κ2) is 9.66. The van der Waals surface area contributed by atoms with Crippen molar-refractivity contribution in [2.45, 2.75) is 33.8 Å². The average Bonchev–Trinajstić information content (AvgIpc) is 2.47. The van der Waals surface area contributed by atoms with Crippen molar-refractivity contribution in [2.75, 3.05) is 31.9 Å². The van der Waals surface area contributed by atoms with Gasteiger partial charge < -0.3 is 25.2 Å². The molecule has 0 aliphatic rings. The molecule has 0 aliphatic carbocycles. The van der Waals surface area contributed by atoms with Crippen molar-refractivity contribution < 1.29 is 19.5 Å². The molecule has 0 aromatic heterocycles. The zero-order valence-electron chi connectivity index (χ0n) is 13.8. The van der Waals surface area contributed by atoms with Gasteiger partial charge in [0.05, 0.1) is 25.6 Å². The SMILES string of the molecule is CC[N+](CC)(CC)CC(C)O.Nc1ccc(Cl)cc1C(=O)[O-]. The van der Waals surface area contributed by atoms with Crippen LogP contribution >= 0.6 is 11.6 Å². The Kier molecular flexibility index (Phi) is 9.09. The van der Waals surface area contributed by atoms with Gasteiger partial charge in [0.2, 0.25) is 0 Å². The third kappa shape index (κ3) is 6.64. The molecule has 1 atom stereocenters. The third-order valence-corrected chi connectivity index (χ3v) is 4.13. The normalized spacial score (nSPS) is 12.3. The number of nitrogens with zero attached hydrogens (tertiary/aromatic N) is 1. The van der Waals surface area contributed by atoms with E-state index < -0.39 is 5.97 Å². The molecule has 0 radical (unpaired) electrons. The van der Waals surface area contributed by atoms with Gasteiger partial charge in [-0.3, -0.25) is 0 Å². The predicted molar refractivity (Wildman–Crippen MR) is 88.6 cm³/mol. The molecule has 6 heteroatoms. The lowest BCUT2D eigenvalue weighted by Crippen LogP contribution is -2.51. The van der Waals surface area contributed by atoms with Crippen molar-refractivity contribution in [3.63, 3.8) is 0 Å². The highest BCUT2D eigenvalue weighted by molar-refractivity contribution is 6.31. The van der Waals surface area contributed by atoms with Gasteiger partial charge in [0, 0.05) is 16.3 Å². The van der Waals surface area contributed by atoms with E-state index in [1.54, 1.807) is 0 Å². The molecule has 0 bridgehead atoms. The highest BCUT2D eigenvalue weighted by atomic mass is 35.5. The quantitative estimate of drug-likeness (QED) is 0.611. The molecular weight excluding hydrogens is 304 g/mol. The van der Waals surface area contributed by atoms with Crippen LogP contribution in [0.15, 0.2) is 18.2 Å². The van der Waals surface area contributed by atoms with E-state index in [0.29, 0.717) is 5.02 Å². The molecule has 5 nitrogen and oxygen atoms in total. The Morgan fingerprint density at radius 3 is 2.09 bits per heavy atom. The second-order valence-corrected chi connectivity index (χ2v) is 5.78. The fourth-order valence-electron chi connectivity index (χ4n) is 2.32. The smallest absolute Gasteiger partial charge is 0.105 e. The molecular formula is C16H27ClN2O3. The number of aliphatic hydroxyl groups excluding tert-OH is 1. The summed E-state index contributed by atoms with van der Waals surface area (Å²) in [6.07, 6.45) is -0.171. The van der Waals surface area contributed by atoms with E-state index in [4.69, 9.17) is 17.3 Å². The number of benzene rings is 1. The first kappa shape index (κ1) is 20.7. The number of halogens is 1. The van der Waals surface area contributed by atoms with Crippen LogP contribution in [0.2, 0.25) is 5.02 Å². The molecule has 0 saturated heterocycles. The zero-order chi connectivity index (χ0) is 17.3. The largest absolute Gasteiger partial charge is 0.545 e. The minimum atomic E-state index is -1.31. The van der Waals surface area contributed by atoms with Gasteiger partial charge in [-0.05, 0) is 45.9 Å². The fourth-order valence-corrected chi connectivity index (χ4v) is 2.50. The molecule has 1 rings (SSSR count). The maximum atomic E-state index is 10.3. The Bertz CT molecular complexity index is 466. The molecule has 3 N–H and O–H groups in total. The first-order valence-corrected chi connectivity index (χ1v) is 7.88. The minimum Gasteiger partial charge on any atom is -0.545 e. The van der Waals surface area contributed by atoms with Crippen LogP contribution in [-0.2, 0) is 0 Å². The van der Waals surface area contributed by atoms with E-state index in [-0.39, 0.29) is 17.4 Å². The van der Waals surface area contributed by atoms with Crippen molar-refractivity contribution in [2.24, 2.45) is 0 Å². The highest BCUT2D eigenvalue weighted by Gasteiger charge is 2.22. The van der Waals surface area contributed by atoms with Gasteiger partial charge in [-0.1, -0.05) is 11.6 Å². The van der Waals surface area contributed by atoms with Gasteiger partial charge in [0.1, 0.15) is 12.6 Å². The summed E-state index contributed by atoms with van der Waals surface area (Å²) in [6.45, 7) is 12.7. The van der Waals surface area contributed by atoms with Crippen molar-refractivity contribution in [3.05, 3.63) is 28.8 Å². The summed E-state index contributed by atoms with van der Waals surface area (Å²) >= 11 is 5.51. The lowest BCUT2D eigenvalue weighted by atomic mass is 10.2. The van der Waals surface area contributed by atoms with Crippen molar-refractivity contribution in [3.8, 4) is 0 Å². The number of aliphatic hydroxyl groups is 1. The third-order valence-electron chi connectivity index (χ3n) is 3.90. The van der Waals surface area contributed by atoms with Crippen LogP contribution in [-0.4, -0.2) is 47.8 Å². The molecule has 0 amide bonds. The monoisotopic (exact) mass is 330 g/mol. The minimum absolute atomic E-state index is 0.0718. The summed E-state index contributed by atoms with van der Waals surface area (Å²) < 4.78 is 1.04. The maximum Gasteiger partial charge on any atom is 0.105 e. The van der Waals surface area contributed by atoms with Gasteiger partial charge in [0.15, 0.2) is 0 Å².